The van der Waals surface area contributed by atoms with Gasteiger partial charge in [-0.15, -0.1) is 0 Å². The fourth-order valence-electron chi connectivity index (χ4n) is 3.18. The molecule has 4 nitrogen and oxygen atoms in total. The van der Waals surface area contributed by atoms with E-state index < -0.39 is 0 Å². The van der Waals surface area contributed by atoms with E-state index in [-0.39, 0.29) is 11.9 Å². The Morgan fingerprint density at radius 1 is 1.30 bits per heavy atom. The molecule has 0 fully saturated rings. The number of fused-ring (bicyclic) bond motifs is 1. The smallest absolute Gasteiger partial charge is 0.123 e. The van der Waals surface area contributed by atoms with Gasteiger partial charge >= 0.3 is 0 Å². The molecule has 1 unspecified atom stereocenters. The Bertz CT molecular complexity index is 664. The molecule has 1 heterocycles. The minimum absolute atomic E-state index is 0.226. The van der Waals surface area contributed by atoms with Gasteiger partial charge < -0.3 is 10.0 Å². The van der Waals surface area contributed by atoms with Crippen LogP contribution in [0.4, 0.5) is 4.39 Å². The number of aliphatic hydroxyl groups excluding tert-OH is 1. The molecule has 3 rings (SSSR count). The second-order valence-electron chi connectivity index (χ2n) is 6.49. The van der Waals surface area contributed by atoms with Crippen molar-refractivity contribution in [1.82, 2.24) is 14.7 Å². The Morgan fingerprint density at radius 3 is 2.74 bits per heavy atom. The summed E-state index contributed by atoms with van der Waals surface area (Å²) in [5, 5.41) is 14.2. The molecule has 0 bridgehead atoms. The largest absolute Gasteiger partial charge is 0.393 e. The third kappa shape index (κ3) is 3.62. The third-order valence-corrected chi connectivity index (χ3v) is 4.43. The van der Waals surface area contributed by atoms with Crippen molar-refractivity contribution >= 4 is 0 Å². The van der Waals surface area contributed by atoms with Crippen LogP contribution < -0.4 is 0 Å². The van der Waals surface area contributed by atoms with Crippen LogP contribution in [0.2, 0.25) is 0 Å². The number of aliphatic hydroxyl groups is 1. The van der Waals surface area contributed by atoms with Gasteiger partial charge in [0.25, 0.3) is 0 Å². The van der Waals surface area contributed by atoms with E-state index in [1.807, 2.05) is 11.6 Å². The average Bonchev–Trinajstić information content (AvgIpc) is 3.10. The van der Waals surface area contributed by atoms with Crippen molar-refractivity contribution in [3.05, 3.63) is 47.0 Å². The van der Waals surface area contributed by atoms with Crippen molar-refractivity contribution in [3.8, 4) is 5.69 Å². The van der Waals surface area contributed by atoms with E-state index in [0.29, 0.717) is 0 Å². The number of hydrogen-bond acceptors (Lipinski definition) is 3. The van der Waals surface area contributed by atoms with Gasteiger partial charge in [-0.1, -0.05) is 0 Å². The molecule has 2 aromatic rings. The van der Waals surface area contributed by atoms with Crippen molar-refractivity contribution in [2.24, 2.45) is 0 Å². The van der Waals surface area contributed by atoms with Crippen molar-refractivity contribution in [2.75, 3.05) is 13.6 Å². The van der Waals surface area contributed by atoms with Gasteiger partial charge in [0.1, 0.15) is 5.82 Å². The van der Waals surface area contributed by atoms with Crippen molar-refractivity contribution < 1.29 is 9.50 Å². The monoisotopic (exact) mass is 317 g/mol. The molecule has 0 saturated carbocycles. The molecule has 1 aliphatic carbocycles. The van der Waals surface area contributed by atoms with E-state index in [9.17, 15) is 9.50 Å². The minimum atomic E-state index is -0.278. The average molecular weight is 317 g/mol. The summed E-state index contributed by atoms with van der Waals surface area (Å²) in [5.41, 5.74) is 4.63. The van der Waals surface area contributed by atoms with E-state index in [1.54, 1.807) is 12.1 Å². The van der Waals surface area contributed by atoms with Crippen LogP contribution in [0.25, 0.3) is 5.69 Å². The van der Waals surface area contributed by atoms with Gasteiger partial charge in [0.2, 0.25) is 0 Å². The maximum absolute atomic E-state index is 13.1. The summed E-state index contributed by atoms with van der Waals surface area (Å²) >= 11 is 0. The lowest BCUT2D eigenvalue weighted by Crippen LogP contribution is -2.22. The number of hydrogen-bond donors (Lipinski definition) is 1. The van der Waals surface area contributed by atoms with Gasteiger partial charge in [-0.3, -0.25) is 0 Å². The maximum Gasteiger partial charge on any atom is 0.123 e. The lowest BCUT2D eigenvalue weighted by atomic mass is 10.2. The lowest BCUT2D eigenvalue weighted by Gasteiger charge is -2.16. The molecule has 1 atom stereocenters. The van der Waals surface area contributed by atoms with Crippen LogP contribution in [0, 0.1) is 5.82 Å². The van der Waals surface area contributed by atoms with Gasteiger partial charge in [0.05, 0.1) is 17.5 Å². The van der Waals surface area contributed by atoms with Gasteiger partial charge in [0, 0.05) is 18.8 Å². The van der Waals surface area contributed by atoms with E-state index >= 15 is 0 Å². The number of halogens is 1. The molecule has 5 heteroatoms. The summed E-state index contributed by atoms with van der Waals surface area (Å²) in [5.74, 6) is -0.226. The van der Waals surface area contributed by atoms with Crippen LogP contribution in [-0.4, -0.2) is 39.5 Å². The standard InChI is InChI=1S/C18H24FN3O/c1-13(23)10-11-21(2)12-17-16-4-3-5-18(16)22(20-17)15-8-6-14(19)7-9-15/h6-9,13,23H,3-5,10-12H2,1-2H3. The summed E-state index contributed by atoms with van der Waals surface area (Å²) in [6, 6.07) is 6.52. The van der Waals surface area contributed by atoms with Crippen LogP contribution in [0.15, 0.2) is 24.3 Å². The van der Waals surface area contributed by atoms with Crippen LogP contribution in [0.1, 0.15) is 36.7 Å². The van der Waals surface area contributed by atoms with E-state index in [4.69, 9.17) is 5.10 Å². The molecular formula is C18H24FN3O. The zero-order valence-corrected chi connectivity index (χ0v) is 13.8. The first kappa shape index (κ1) is 16.1. The molecule has 1 aromatic carbocycles. The molecule has 124 valence electrons. The highest BCUT2D eigenvalue weighted by Gasteiger charge is 2.23. The molecular weight excluding hydrogens is 293 g/mol. The molecule has 0 saturated heterocycles. The summed E-state index contributed by atoms with van der Waals surface area (Å²) in [4.78, 5) is 2.20. The topological polar surface area (TPSA) is 41.3 Å². The first-order valence-electron chi connectivity index (χ1n) is 8.27. The van der Waals surface area contributed by atoms with E-state index in [0.717, 1.165) is 50.2 Å². The van der Waals surface area contributed by atoms with E-state index in [1.165, 1.54) is 23.4 Å². The zero-order valence-electron chi connectivity index (χ0n) is 13.8. The number of benzene rings is 1. The molecule has 0 aliphatic heterocycles. The summed E-state index contributed by atoms with van der Waals surface area (Å²) in [6.45, 7) is 3.44. The molecule has 1 aliphatic rings. The lowest BCUT2D eigenvalue weighted by molar-refractivity contribution is 0.162. The molecule has 0 spiro atoms. The third-order valence-electron chi connectivity index (χ3n) is 4.43. The highest BCUT2D eigenvalue weighted by atomic mass is 19.1. The molecule has 0 amide bonds. The fraction of sp³-hybridized carbons (Fsp3) is 0.500. The summed E-state index contributed by atoms with van der Waals surface area (Å²) in [7, 11) is 2.06. The first-order valence-corrected chi connectivity index (χ1v) is 8.27. The highest BCUT2D eigenvalue weighted by molar-refractivity contribution is 5.40. The van der Waals surface area contributed by atoms with Gasteiger partial charge in [-0.25, -0.2) is 9.07 Å². The van der Waals surface area contributed by atoms with Gasteiger partial charge in [-0.05, 0) is 69.5 Å². The molecule has 23 heavy (non-hydrogen) atoms. The number of rotatable bonds is 6. The van der Waals surface area contributed by atoms with Crippen LogP contribution in [0.5, 0.6) is 0 Å². The Hall–Kier alpha value is -1.72. The predicted octanol–water partition coefficient (Wildman–Crippen LogP) is 2.70. The zero-order chi connectivity index (χ0) is 16.4. The van der Waals surface area contributed by atoms with Crippen molar-refractivity contribution in [1.29, 1.82) is 0 Å². The Labute approximate surface area is 136 Å². The first-order chi connectivity index (χ1) is 11.0. The number of nitrogens with zero attached hydrogens (tertiary/aromatic N) is 3. The summed E-state index contributed by atoms with van der Waals surface area (Å²) < 4.78 is 15.1. The van der Waals surface area contributed by atoms with E-state index in [2.05, 4.69) is 11.9 Å². The molecule has 1 N–H and O–H groups in total. The second-order valence-corrected chi connectivity index (χ2v) is 6.49. The summed E-state index contributed by atoms with van der Waals surface area (Å²) in [6.07, 6.45) is 3.73. The van der Waals surface area contributed by atoms with Crippen molar-refractivity contribution in [3.63, 3.8) is 0 Å². The highest BCUT2D eigenvalue weighted by Crippen LogP contribution is 2.28. The van der Waals surface area contributed by atoms with Gasteiger partial charge in [-0.2, -0.15) is 5.10 Å². The minimum Gasteiger partial charge on any atom is -0.393 e. The number of aromatic nitrogens is 2. The fourth-order valence-corrected chi connectivity index (χ4v) is 3.18. The Kier molecular flexibility index (Phi) is 4.78. The Balaban J connectivity index is 1.82. The van der Waals surface area contributed by atoms with Crippen LogP contribution >= 0.6 is 0 Å². The Morgan fingerprint density at radius 2 is 2.04 bits per heavy atom. The van der Waals surface area contributed by atoms with Crippen LogP contribution in [0.3, 0.4) is 0 Å². The molecule has 1 aromatic heterocycles. The second kappa shape index (κ2) is 6.81. The quantitative estimate of drug-likeness (QED) is 0.890. The van der Waals surface area contributed by atoms with Crippen molar-refractivity contribution in [2.45, 2.75) is 45.3 Å². The van der Waals surface area contributed by atoms with Crippen LogP contribution in [-0.2, 0) is 19.4 Å². The molecule has 0 radical (unpaired) electrons. The predicted molar refractivity (Wildman–Crippen MR) is 88.2 cm³/mol. The SMILES string of the molecule is CC(O)CCN(C)Cc1nn(-c2ccc(F)cc2)c2c1CCC2. The maximum atomic E-state index is 13.1. The normalized spacial score (nSPS) is 15.2. The van der Waals surface area contributed by atoms with Gasteiger partial charge in [0.15, 0.2) is 0 Å².